The summed E-state index contributed by atoms with van der Waals surface area (Å²) in [5, 5.41) is 0. The molecular weight excluding hydrogens is 370 g/mol. The molecule has 0 saturated heterocycles. The lowest BCUT2D eigenvalue weighted by Gasteiger charge is -2.18. The lowest BCUT2D eigenvalue weighted by Crippen LogP contribution is -2.10. The molecule has 0 radical (unpaired) electrons. The van der Waals surface area contributed by atoms with E-state index < -0.39 is 0 Å². The summed E-state index contributed by atoms with van der Waals surface area (Å²) >= 11 is 0. The molecule has 4 nitrogen and oxygen atoms in total. The van der Waals surface area contributed by atoms with Gasteiger partial charge in [0, 0.05) is 24.6 Å². The molecule has 0 N–H and O–H groups in total. The van der Waals surface area contributed by atoms with Gasteiger partial charge in [0.05, 0.1) is 35.1 Å². The molecule has 3 aromatic rings. The van der Waals surface area contributed by atoms with Crippen molar-refractivity contribution in [2.75, 3.05) is 13.7 Å². The van der Waals surface area contributed by atoms with Gasteiger partial charge in [-0.25, -0.2) is 4.98 Å². The number of aromatic nitrogens is 3. The second kappa shape index (κ2) is 9.30. The van der Waals surface area contributed by atoms with E-state index in [1.807, 2.05) is 0 Å². The van der Waals surface area contributed by atoms with Crippen molar-refractivity contribution in [3.63, 3.8) is 0 Å². The predicted octanol–water partition coefficient (Wildman–Crippen LogP) is 6.50. The molecule has 3 heterocycles. The Balaban J connectivity index is 2.22. The van der Waals surface area contributed by atoms with Gasteiger partial charge in [-0.2, -0.15) is 0 Å². The number of hydrogen-bond donors (Lipinski definition) is 0. The van der Waals surface area contributed by atoms with E-state index in [1.165, 1.54) is 27.9 Å². The van der Waals surface area contributed by atoms with Crippen LogP contribution in [0.5, 0.6) is 0 Å². The van der Waals surface area contributed by atoms with Crippen molar-refractivity contribution in [1.29, 1.82) is 0 Å². The Morgan fingerprint density at radius 1 is 1.07 bits per heavy atom. The van der Waals surface area contributed by atoms with Crippen molar-refractivity contribution in [3.8, 4) is 11.3 Å². The van der Waals surface area contributed by atoms with Gasteiger partial charge in [-0.05, 0) is 67.9 Å². The quantitative estimate of drug-likeness (QED) is 0.428. The summed E-state index contributed by atoms with van der Waals surface area (Å²) in [6.07, 6.45) is 4.11. The van der Waals surface area contributed by atoms with E-state index in [9.17, 15) is 0 Å². The Hall–Kier alpha value is -2.20. The first kappa shape index (κ1) is 22.5. The monoisotopic (exact) mass is 407 g/mol. The first-order chi connectivity index (χ1) is 14.3. The van der Waals surface area contributed by atoms with Crippen LogP contribution in [-0.4, -0.2) is 28.3 Å². The van der Waals surface area contributed by atoms with Crippen molar-refractivity contribution in [2.45, 2.75) is 73.3 Å². The Labute approximate surface area is 181 Å². The number of fused-ring (bicyclic) bond motifs is 1. The van der Waals surface area contributed by atoms with Gasteiger partial charge in [0.25, 0.3) is 0 Å². The number of aryl methyl sites for hydroxylation is 2. The minimum Gasteiger partial charge on any atom is -0.383 e. The van der Waals surface area contributed by atoms with E-state index in [2.05, 4.69) is 77.4 Å². The fourth-order valence-corrected chi connectivity index (χ4v) is 4.16. The zero-order chi connectivity index (χ0) is 22.0. The molecule has 0 spiro atoms. The van der Waals surface area contributed by atoms with Gasteiger partial charge < -0.3 is 9.30 Å². The van der Waals surface area contributed by atoms with E-state index in [1.54, 1.807) is 7.11 Å². The Bertz CT molecular complexity index is 1020. The Kier molecular flexibility index (Phi) is 6.97. The van der Waals surface area contributed by atoms with Gasteiger partial charge in [-0.3, -0.25) is 4.98 Å². The lowest BCUT2D eigenvalue weighted by molar-refractivity contribution is 0.164. The fraction of sp³-hybridized carbons (Fsp3) is 0.538. The van der Waals surface area contributed by atoms with Gasteiger partial charge in [0.2, 0.25) is 0 Å². The molecule has 162 valence electrons. The highest BCUT2D eigenvalue weighted by atomic mass is 16.5. The van der Waals surface area contributed by atoms with Gasteiger partial charge >= 0.3 is 0 Å². The topological polar surface area (TPSA) is 39.9 Å². The van der Waals surface area contributed by atoms with E-state index in [0.717, 1.165) is 29.7 Å². The molecular formula is C26H37N3O. The third kappa shape index (κ3) is 4.44. The van der Waals surface area contributed by atoms with Crippen LogP contribution >= 0.6 is 0 Å². The first-order valence-corrected chi connectivity index (χ1v) is 11.3. The smallest absolute Gasteiger partial charge is 0.0917 e. The van der Waals surface area contributed by atoms with Gasteiger partial charge in [0.15, 0.2) is 0 Å². The normalized spacial score (nSPS) is 13.0. The van der Waals surface area contributed by atoms with Gasteiger partial charge in [-0.1, -0.05) is 34.6 Å². The number of ether oxygens (including phenoxy) is 1. The van der Waals surface area contributed by atoms with Crippen LogP contribution in [-0.2, 0) is 17.6 Å². The molecule has 0 aliphatic heterocycles. The minimum absolute atomic E-state index is 0.270. The van der Waals surface area contributed by atoms with Crippen LogP contribution < -0.4 is 0 Å². The van der Waals surface area contributed by atoms with Crippen LogP contribution in [0.15, 0.2) is 24.4 Å². The summed E-state index contributed by atoms with van der Waals surface area (Å²) in [6.45, 7) is 16.2. The fourth-order valence-electron chi connectivity index (χ4n) is 4.16. The van der Waals surface area contributed by atoms with E-state index in [-0.39, 0.29) is 6.04 Å². The number of methoxy groups -OCH3 is 1. The van der Waals surface area contributed by atoms with Crippen molar-refractivity contribution in [2.24, 2.45) is 5.92 Å². The maximum atomic E-state index is 5.40. The molecule has 3 aromatic heterocycles. The van der Waals surface area contributed by atoms with Crippen molar-refractivity contribution in [3.05, 3.63) is 46.9 Å². The van der Waals surface area contributed by atoms with Gasteiger partial charge in [-0.15, -0.1) is 0 Å². The van der Waals surface area contributed by atoms with Crippen molar-refractivity contribution < 1.29 is 4.74 Å². The Morgan fingerprint density at radius 3 is 2.40 bits per heavy atom. The van der Waals surface area contributed by atoms with Crippen LogP contribution in [0, 0.1) is 12.8 Å². The summed E-state index contributed by atoms with van der Waals surface area (Å²) in [4.78, 5) is 10.3. The number of rotatable bonds is 8. The van der Waals surface area contributed by atoms with E-state index in [0.29, 0.717) is 18.4 Å². The van der Waals surface area contributed by atoms with Crippen LogP contribution in [0.25, 0.3) is 22.3 Å². The average Bonchev–Trinajstić information content (AvgIpc) is 3.02. The molecule has 0 aliphatic carbocycles. The summed E-state index contributed by atoms with van der Waals surface area (Å²) in [5.74, 6) is 0.967. The minimum atomic E-state index is 0.270. The van der Waals surface area contributed by atoms with Crippen LogP contribution in [0.1, 0.15) is 76.0 Å². The van der Waals surface area contributed by atoms with Crippen LogP contribution in [0.4, 0.5) is 0 Å². The standard InChI is InChI=1S/C26H37N3O/c1-9-20-13-24-25(18(6)14-29(24)19(7)15-30-8)28-26(20)21-10-11-22(17(4)5)27-23(21)12-16(2)3/h10-11,13-14,16-17,19H,9,12,15H2,1-8H3/t19-/m0/s1. The summed E-state index contributed by atoms with van der Waals surface area (Å²) < 4.78 is 7.70. The maximum Gasteiger partial charge on any atom is 0.0917 e. The lowest BCUT2D eigenvalue weighted by atomic mass is 9.95. The zero-order valence-corrected chi connectivity index (χ0v) is 19.9. The molecule has 0 aliphatic rings. The highest BCUT2D eigenvalue weighted by molar-refractivity contribution is 5.84. The number of hydrogen-bond acceptors (Lipinski definition) is 3. The average molecular weight is 408 g/mol. The summed E-state index contributed by atoms with van der Waals surface area (Å²) in [6, 6.07) is 7.01. The molecule has 0 saturated carbocycles. The molecule has 0 unspecified atom stereocenters. The SMILES string of the molecule is CCc1cc2c(nc1-c1ccc(C(C)C)nc1CC(C)C)c(C)cn2[C@@H](C)COC. The highest BCUT2D eigenvalue weighted by Gasteiger charge is 2.19. The van der Waals surface area contributed by atoms with Crippen LogP contribution in [0.2, 0.25) is 0 Å². The molecule has 0 aromatic carbocycles. The molecule has 3 rings (SSSR count). The van der Waals surface area contributed by atoms with E-state index >= 15 is 0 Å². The second-order valence-electron chi connectivity index (χ2n) is 9.22. The molecule has 0 bridgehead atoms. The molecule has 0 amide bonds. The number of pyridine rings is 2. The van der Waals surface area contributed by atoms with Crippen molar-refractivity contribution >= 4 is 11.0 Å². The maximum absolute atomic E-state index is 5.40. The third-order valence-electron chi connectivity index (χ3n) is 5.77. The predicted molar refractivity (Wildman–Crippen MR) is 126 cm³/mol. The second-order valence-corrected chi connectivity index (χ2v) is 9.22. The molecule has 0 fully saturated rings. The van der Waals surface area contributed by atoms with Crippen LogP contribution in [0.3, 0.4) is 0 Å². The first-order valence-electron chi connectivity index (χ1n) is 11.3. The largest absolute Gasteiger partial charge is 0.383 e. The van der Waals surface area contributed by atoms with Crippen molar-refractivity contribution in [1.82, 2.24) is 14.5 Å². The van der Waals surface area contributed by atoms with Gasteiger partial charge in [0.1, 0.15) is 0 Å². The number of nitrogens with zero attached hydrogens (tertiary/aromatic N) is 3. The molecule has 4 heteroatoms. The third-order valence-corrected chi connectivity index (χ3v) is 5.77. The molecule has 1 atom stereocenters. The van der Waals surface area contributed by atoms with E-state index in [4.69, 9.17) is 14.7 Å². The highest BCUT2D eigenvalue weighted by Crippen LogP contribution is 2.33. The zero-order valence-electron chi connectivity index (χ0n) is 19.9. The summed E-state index contributed by atoms with van der Waals surface area (Å²) in [7, 11) is 1.76. The molecule has 30 heavy (non-hydrogen) atoms. The summed E-state index contributed by atoms with van der Waals surface area (Å²) in [5.41, 5.74) is 9.34. The Morgan fingerprint density at radius 2 is 1.80 bits per heavy atom.